The molecule has 1 aliphatic carbocycles. The highest BCUT2D eigenvalue weighted by Crippen LogP contribution is 2.27. The first-order chi connectivity index (χ1) is 8.31. The fraction of sp³-hybridized carbons (Fsp3) is 0.643. The Kier molecular flexibility index (Phi) is 4.22. The molecule has 0 saturated heterocycles. The first-order valence-corrected chi connectivity index (χ1v) is 6.43. The monoisotopic (exact) mass is 232 g/mol. The summed E-state index contributed by atoms with van der Waals surface area (Å²) >= 11 is 0. The lowest BCUT2D eigenvalue weighted by molar-refractivity contribution is 0.171. The average molecular weight is 232 g/mol. The van der Waals surface area contributed by atoms with Crippen molar-refractivity contribution in [2.75, 3.05) is 7.05 Å². The predicted octanol–water partition coefficient (Wildman–Crippen LogP) is 3.18. The molecule has 3 nitrogen and oxygen atoms in total. The summed E-state index contributed by atoms with van der Waals surface area (Å²) in [6.45, 7) is 0.801. The Labute approximate surface area is 103 Å². The second kappa shape index (κ2) is 5.88. The van der Waals surface area contributed by atoms with Gasteiger partial charge in [-0.2, -0.15) is 5.26 Å². The summed E-state index contributed by atoms with van der Waals surface area (Å²) in [5, 5.41) is 9.26. The van der Waals surface area contributed by atoms with Gasteiger partial charge in [0.25, 0.3) is 0 Å². The van der Waals surface area contributed by atoms with Crippen LogP contribution in [-0.2, 0) is 6.54 Å². The molecular formula is C14H20N2O. The van der Waals surface area contributed by atoms with Crippen LogP contribution in [0.1, 0.15) is 37.9 Å². The Morgan fingerprint density at radius 2 is 2.24 bits per heavy atom. The molecule has 0 aromatic carbocycles. The van der Waals surface area contributed by atoms with E-state index in [-0.39, 0.29) is 5.92 Å². The van der Waals surface area contributed by atoms with Crippen LogP contribution in [0.25, 0.3) is 0 Å². The molecule has 0 radical (unpaired) electrons. The van der Waals surface area contributed by atoms with Crippen LogP contribution in [-0.4, -0.2) is 18.0 Å². The van der Waals surface area contributed by atoms with E-state index in [0.717, 1.165) is 25.1 Å². The van der Waals surface area contributed by atoms with E-state index in [1.165, 1.54) is 19.3 Å². The lowest BCUT2D eigenvalue weighted by Crippen LogP contribution is -2.36. The summed E-state index contributed by atoms with van der Waals surface area (Å²) in [6, 6.07) is 6.77. The second-order valence-electron chi connectivity index (χ2n) is 4.94. The number of furan rings is 1. The smallest absolute Gasteiger partial charge is 0.117 e. The SMILES string of the molecule is CN(Cc1ccco1)C1CCCCCC1C#N. The molecule has 0 aliphatic heterocycles. The van der Waals surface area contributed by atoms with Crippen LogP contribution in [0.4, 0.5) is 0 Å². The van der Waals surface area contributed by atoms with Crippen molar-refractivity contribution in [2.45, 2.75) is 44.7 Å². The number of hydrogen-bond donors (Lipinski definition) is 0. The summed E-state index contributed by atoms with van der Waals surface area (Å²) in [5.41, 5.74) is 0. The highest BCUT2D eigenvalue weighted by Gasteiger charge is 2.27. The van der Waals surface area contributed by atoms with Crippen LogP contribution >= 0.6 is 0 Å². The van der Waals surface area contributed by atoms with E-state index in [1.807, 2.05) is 12.1 Å². The maximum atomic E-state index is 9.26. The third kappa shape index (κ3) is 3.10. The van der Waals surface area contributed by atoms with E-state index in [1.54, 1.807) is 6.26 Å². The first kappa shape index (κ1) is 12.2. The zero-order valence-electron chi connectivity index (χ0n) is 10.4. The van der Waals surface area contributed by atoms with Gasteiger partial charge in [-0.05, 0) is 32.0 Å². The average Bonchev–Trinajstić information content (AvgIpc) is 2.71. The van der Waals surface area contributed by atoms with Gasteiger partial charge in [0.1, 0.15) is 5.76 Å². The standard InChI is InChI=1S/C14H20N2O/c1-16(11-13-7-5-9-17-13)14-8-4-2-3-6-12(14)10-15/h5,7,9,12,14H,2-4,6,8,11H2,1H3. The van der Waals surface area contributed by atoms with Crippen LogP contribution in [0.15, 0.2) is 22.8 Å². The number of nitrogens with zero attached hydrogens (tertiary/aromatic N) is 2. The van der Waals surface area contributed by atoms with Crippen LogP contribution in [0.5, 0.6) is 0 Å². The van der Waals surface area contributed by atoms with Crippen molar-refractivity contribution in [1.82, 2.24) is 4.90 Å². The fourth-order valence-corrected chi connectivity index (χ4v) is 2.73. The molecule has 0 spiro atoms. The first-order valence-electron chi connectivity index (χ1n) is 6.43. The molecule has 1 heterocycles. The minimum Gasteiger partial charge on any atom is -0.468 e. The molecule has 2 rings (SSSR count). The van der Waals surface area contributed by atoms with Crippen LogP contribution in [0, 0.1) is 17.2 Å². The van der Waals surface area contributed by atoms with Crippen LogP contribution in [0.2, 0.25) is 0 Å². The van der Waals surface area contributed by atoms with Crippen LogP contribution in [0.3, 0.4) is 0 Å². The summed E-state index contributed by atoms with van der Waals surface area (Å²) in [6.07, 6.45) is 7.59. The molecule has 92 valence electrons. The van der Waals surface area contributed by atoms with Gasteiger partial charge < -0.3 is 4.42 Å². The van der Waals surface area contributed by atoms with Crippen LogP contribution < -0.4 is 0 Å². The van der Waals surface area contributed by atoms with Crippen molar-refractivity contribution < 1.29 is 4.42 Å². The lowest BCUT2D eigenvalue weighted by Gasteiger charge is -2.29. The highest BCUT2D eigenvalue weighted by molar-refractivity contribution is 5.00. The van der Waals surface area contributed by atoms with E-state index >= 15 is 0 Å². The third-order valence-electron chi connectivity index (χ3n) is 3.70. The number of nitriles is 1. The van der Waals surface area contributed by atoms with Gasteiger partial charge in [0.2, 0.25) is 0 Å². The van der Waals surface area contributed by atoms with Gasteiger partial charge in [-0.3, -0.25) is 4.90 Å². The Hall–Kier alpha value is -1.27. The minimum atomic E-state index is 0.178. The number of rotatable bonds is 3. The van der Waals surface area contributed by atoms with E-state index in [0.29, 0.717) is 6.04 Å². The predicted molar refractivity (Wildman–Crippen MR) is 66.2 cm³/mol. The maximum absolute atomic E-state index is 9.26. The van der Waals surface area contributed by atoms with Gasteiger partial charge in [0, 0.05) is 6.04 Å². The van der Waals surface area contributed by atoms with Gasteiger partial charge in [0.05, 0.1) is 24.8 Å². The molecule has 1 fully saturated rings. The van der Waals surface area contributed by atoms with Crippen molar-refractivity contribution in [3.8, 4) is 6.07 Å². The second-order valence-corrected chi connectivity index (χ2v) is 4.94. The Morgan fingerprint density at radius 1 is 1.41 bits per heavy atom. The fourth-order valence-electron chi connectivity index (χ4n) is 2.73. The molecule has 0 bridgehead atoms. The van der Waals surface area contributed by atoms with Gasteiger partial charge in [-0.1, -0.05) is 19.3 Å². The summed E-state index contributed by atoms with van der Waals surface area (Å²) in [5.74, 6) is 1.16. The molecule has 3 heteroatoms. The van der Waals surface area contributed by atoms with Gasteiger partial charge in [0.15, 0.2) is 0 Å². The van der Waals surface area contributed by atoms with Gasteiger partial charge in [-0.25, -0.2) is 0 Å². The molecule has 0 N–H and O–H groups in total. The van der Waals surface area contributed by atoms with Crippen molar-refractivity contribution in [3.05, 3.63) is 24.2 Å². The van der Waals surface area contributed by atoms with E-state index in [9.17, 15) is 5.26 Å². The quantitative estimate of drug-likeness (QED) is 0.751. The van der Waals surface area contributed by atoms with Gasteiger partial charge >= 0.3 is 0 Å². The molecule has 2 atom stereocenters. The molecule has 1 aromatic rings. The normalized spacial score (nSPS) is 25.5. The molecule has 1 aromatic heterocycles. The summed E-state index contributed by atoms with van der Waals surface area (Å²) in [4.78, 5) is 2.28. The minimum absolute atomic E-state index is 0.178. The number of hydrogen-bond acceptors (Lipinski definition) is 3. The molecule has 17 heavy (non-hydrogen) atoms. The molecule has 1 aliphatic rings. The Morgan fingerprint density at radius 3 is 2.94 bits per heavy atom. The van der Waals surface area contributed by atoms with Crippen molar-refractivity contribution >= 4 is 0 Å². The van der Waals surface area contributed by atoms with E-state index in [2.05, 4.69) is 18.0 Å². The third-order valence-corrected chi connectivity index (χ3v) is 3.70. The summed E-state index contributed by atoms with van der Waals surface area (Å²) < 4.78 is 5.37. The van der Waals surface area contributed by atoms with E-state index in [4.69, 9.17) is 4.42 Å². The van der Waals surface area contributed by atoms with Crippen molar-refractivity contribution in [3.63, 3.8) is 0 Å². The molecule has 1 saturated carbocycles. The molecule has 2 unspecified atom stereocenters. The van der Waals surface area contributed by atoms with Crippen molar-refractivity contribution in [2.24, 2.45) is 5.92 Å². The molecular weight excluding hydrogens is 212 g/mol. The highest BCUT2D eigenvalue weighted by atomic mass is 16.3. The largest absolute Gasteiger partial charge is 0.468 e. The zero-order valence-corrected chi connectivity index (χ0v) is 10.4. The molecule has 0 amide bonds. The summed E-state index contributed by atoms with van der Waals surface area (Å²) in [7, 11) is 2.10. The maximum Gasteiger partial charge on any atom is 0.117 e. The topological polar surface area (TPSA) is 40.2 Å². The zero-order chi connectivity index (χ0) is 12.1. The Balaban J connectivity index is 2.00. The Bertz CT molecular complexity index is 366. The lowest BCUT2D eigenvalue weighted by atomic mass is 9.95. The van der Waals surface area contributed by atoms with Gasteiger partial charge in [-0.15, -0.1) is 0 Å². The van der Waals surface area contributed by atoms with Crippen molar-refractivity contribution in [1.29, 1.82) is 5.26 Å². The van der Waals surface area contributed by atoms with E-state index < -0.39 is 0 Å².